The molecule has 0 spiro atoms. The van der Waals surface area contributed by atoms with Crippen LogP contribution < -0.4 is 11.1 Å². The Kier molecular flexibility index (Phi) is 4.97. The van der Waals surface area contributed by atoms with Gasteiger partial charge in [0, 0.05) is 6.54 Å². The minimum Gasteiger partial charge on any atom is -0.449 e. The molecule has 5 nitrogen and oxygen atoms in total. The highest BCUT2D eigenvalue weighted by molar-refractivity contribution is 6.33. The SMILES string of the molecule is CCNC(=O)C(C)OC(=O)c1ccc(N)c(Cl)c1. The number of ether oxygens (including phenoxy) is 1. The highest BCUT2D eigenvalue weighted by atomic mass is 35.5. The molecule has 0 heterocycles. The summed E-state index contributed by atoms with van der Waals surface area (Å²) in [5, 5.41) is 2.83. The maximum atomic E-state index is 11.7. The largest absolute Gasteiger partial charge is 0.449 e. The van der Waals surface area contributed by atoms with Crippen molar-refractivity contribution in [2.75, 3.05) is 12.3 Å². The monoisotopic (exact) mass is 270 g/mol. The van der Waals surface area contributed by atoms with Gasteiger partial charge in [0.1, 0.15) is 0 Å². The van der Waals surface area contributed by atoms with Gasteiger partial charge in [0.15, 0.2) is 6.10 Å². The van der Waals surface area contributed by atoms with E-state index in [2.05, 4.69) is 5.32 Å². The average molecular weight is 271 g/mol. The number of carbonyl (C=O) groups excluding carboxylic acids is 2. The summed E-state index contributed by atoms with van der Waals surface area (Å²) >= 11 is 5.79. The number of amides is 1. The van der Waals surface area contributed by atoms with Crippen LogP contribution in [0, 0.1) is 0 Å². The number of rotatable bonds is 4. The van der Waals surface area contributed by atoms with E-state index in [0.717, 1.165) is 0 Å². The van der Waals surface area contributed by atoms with Crippen molar-refractivity contribution in [1.82, 2.24) is 5.32 Å². The molecule has 1 aromatic carbocycles. The Morgan fingerprint density at radius 1 is 1.50 bits per heavy atom. The van der Waals surface area contributed by atoms with Gasteiger partial charge >= 0.3 is 5.97 Å². The fraction of sp³-hybridized carbons (Fsp3) is 0.333. The van der Waals surface area contributed by atoms with Crippen LogP contribution in [0.2, 0.25) is 5.02 Å². The van der Waals surface area contributed by atoms with Crippen LogP contribution in [0.15, 0.2) is 18.2 Å². The van der Waals surface area contributed by atoms with Crippen molar-refractivity contribution in [2.24, 2.45) is 0 Å². The molecule has 0 aromatic heterocycles. The topological polar surface area (TPSA) is 81.4 Å². The van der Waals surface area contributed by atoms with Crippen molar-refractivity contribution in [3.05, 3.63) is 28.8 Å². The van der Waals surface area contributed by atoms with Crippen LogP contribution in [-0.2, 0) is 9.53 Å². The first-order valence-electron chi connectivity index (χ1n) is 5.49. The zero-order chi connectivity index (χ0) is 13.7. The molecular weight excluding hydrogens is 256 g/mol. The van der Waals surface area contributed by atoms with Gasteiger partial charge in [-0.05, 0) is 32.0 Å². The average Bonchev–Trinajstić information content (AvgIpc) is 2.32. The molecule has 98 valence electrons. The minimum absolute atomic E-state index is 0.255. The van der Waals surface area contributed by atoms with Gasteiger partial charge < -0.3 is 15.8 Å². The summed E-state index contributed by atoms with van der Waals surface area (Å²) in [6, 6.07) is 4.41. The van der Waals surface area contributed by atoms with Gasteiger partial charge in [0.2, 0.25) is 0 Å². The van der Waals surface area contributed by atoms with E-state index in [1.807, 2.05) is 0 Å². The predicted molar refractivity (Wildman–Crippen MR) is 69.4 cm³/mol. The zero-order valence-corrected chi connectivity index (χ0v) is 11.0. The highest BCUT2D eigenvalue weighted by Crippen LogP contribution is 2.20. The molecule has 0 radical (unpaired) electrons. The third-order valence-corrected chi connectivity index (χ3v) is 2.57. The van der Waals surface area contributed by atoms with Gasteiger partial charge in [-0.1, -0.05) is 11.6 Å². The number of halogens is 1. The third kappa shape index (κ3) is 3.63. The van der Waals surface area contributed by atoms with E-state index in [1.54, 1.807) is 6.92 Å². The van der Waals surface area contributed by atoms with Gasteiger partial charge in [-0.3, -0.25) is 4.79 Å². The van der Waals surface area contributed by atoms with E-state index in [4.69, 9.17) is 22.1 Å². The molecule has 1 aromatic rings. The molecule has 0 aliphatic rings. The summed E-state index contributed by atoms with van der Waals surface area (Å²) in [5.41, 5.74) is 6.16. The van der Waals surface area contributed by atoms with Gasteiger partial charge in [-0.2, -0.15) is 0 Å². The van der Waals surface area contributed by atoms with E-state index >= 15 is 0 Å². The molecule has 0 aliphatic heterocycles. The molecule has 0 aliphatic carbocycles. The van der Waals surface area contributed by atoms with Crippen LogP contribution in [0.25, 0.3) is 0 Å². The lowest BCUT2D eigenvalue weighted by Crippen LogP contribution is -2.35. The molecule has 3 N–H and O–H groups in total. The Morgan fingerprint density at radius 2 is 2.17 bits per heavy atom. The Hall–Kier alpha value is -1.75. The Labute approximate surface area is 110 Å². The number of likely N-dealkylation sites (N-methyl/N-ethyl adjacent to an activating group) is 1. The lowest BCUT2D eigenvalue weighted by atomic mass is 10.2. The van der Waals surface area contributed by atoms with E-state index in [-0.39, 0.29) is 16.5 Å². The minimum atomic E-state index is -0.853. The number of nitrogens with two attached hydrogens (primary N) is 1. The summed E-state index contributed by atoms with van der Waals surface area (Å²) in [6.45, 7) is 3.77. The van der Waals surface area contributed by atoms with Gasteiger partial charge in [0.25, 0.3) is 5.91 Å². The summed E-state index contributed by atoms with van der Waals surface area (Å²) in [6.07, 6.45) is -0.853. The van der Waals surface area contributed by atoms with Crippen LogP contribution in [-0.4, -0.2) is 24.5 Å². The van der Waals surface area contributed by atoms with Crippen molar-refractivity contribution in [3.63, 3.8) is 0 Å². The second-order valence-corrected chi connectivity index (χ2v) is 4.09. The van der Waals surface area contributed by atoms with Gasteiger partial charge in [-0.15, -0.1) is 0 Å². The molecule has 0 bridgehead atoms. The molecular formula is C12H15ClN2O3. The molecule has 1 rings (SSSR count). The molecule has 0 fully saturated rings. The standard InChI is InChI=1S/C12H15ClN2O3/c1-3-15-11(16)7(2)18-12(17)8-4-5-10(14)9(13)6-8/h4-7H,3,14H2,1-2H3,(H,15,16). The molecule has 1 amide bonds. The number of nitrogens with one attached hydrogen (secondary N) is 1. The van der Waals surface area contributed by atoms with E-state index in [0.29, 0.717) is 12.2 Å². The number of benzene rings is 1. The molecule has 0 saturated heterocycles. The van der Waals surface area contributed by atoms with Crippen LogP contribution >= 0.6 is 11.6 Å². The van der Waals surface area contributed by atoms with Crippen LogP contribution in [0.5, 0.6) is 0 Å². The van der Waals surface area contributed by atoms with Crippen molar-refractivity contribution in [2.45, 2.75) is 20.0 Å². The number of nitrogen functional groups attached to an aromatic ring is 1. The quantitative estimate of drug-likeness (QED) is 0.643. The number of anilines is 1. The zero-order valence-electron chi connectivity index (χ0n) is 10.2. The normalized spacial score (nSPS) is 11.7. The van der Waals surface area contributed by atoms with Crippen molar-refractivity contribution >= 4 is 29.2 Å². The van der Waals surface area contributed by atoms with Crippen LogP contribution in [0.3, 0.4) is 0 Å². The van der Waals surface area contributed by atoms with Crippen molar-refractivity contribution in [1.29, 1.82) is 0 Å². The fourth-order valence-corrected chi connectivity index (χ4v) is 1.43. The first-order valence-corrected chi connectivity index (χ1v) is 5.87. The fourth-order valence-electron chi connectivity index (χ4n) is 1.25. The maximum Gasteiger partial charge on any atom is 0.338 e. The number of hydrogen-bond donors (Lipinski definition) is 2. The van der Waals surface area contributed by atoms with E-state index in [1.165, 1.54) is 25.1 Å². The van der Waals surface area contributed by atoms with Gasteiger partial charge in [-0.25, -0.2) is 4.79 Å². The number of esters is 1. The van der Waals surface area contributed by atoms with Crippen LogP contribution in [0.4, 0.5) is 5.69 Å². The van der Waals surface area contributed by atoms with Crippen molar-refractivity contribution in [3.8, 4) is 0 Å². The van der Waals surface area contributed by atoms with Gasteiger partial charge in [0.05, 0.1) is 16.3 Å². The van der Waals surface area contributed by atoms with Crippen molar-refractivity contribution < 1.29 is 14.3 Å². The second-order valence-electron chi connectivity index (χ2n) is 3.68. The Bertz CT molecular complexity index is 463. The highest BCUT2D eigenvalue weighted by Gasteiger charge is 2.18. The Balaban J connectivity index is 2.70. The summed E-state index contributed by atoms with van der Waals surface area (Å²) in [5.74, 6) is -0.956. The second kappa shape index (κ2) is 6.26. The summed E-state index contributed by atoms with van der Waals surface area (Å²) < 4.78 is 5.00. The van der Waals surface area contributed by atoms with E-state index < -0.39 is 12.1 Å². The first-order chi connectivity index (χ1) is 8.45. The molecule has 18 heavy (non-hydrogen) atoms. The molecule has 0 saturated carbocycles. The number of hydrogen-bond acceptors (Lipinski definition) is 4. The molecule has 1 atom stereocenters. The lowest BCUT2D eigenvalue weighted by molar-refractivity contribution is -0.128. The predicted octanol–water partition coefficient (Wildman–Crippen LogP) is 1.60. The Morgan fingerprint density at radius 3 is 2.72 bits per heavy atom. The first kappa shape index (κ1) is 14.3. The molecule has 1 unspecified atom stereocenters. The van der Waals surface area contributed by atoms with Crippen LogP contribution in [0.1, 0.15) is 24.2 Å². The van der Waals surface area contributed by atoms with E-state index in [9.17, 15) is 9.59 Å². The maximum absolute atomic E-state index is 11.7. The summed E-state index contributed by atoms with van der Waals surface area (Å²) in [4.78, 5) is 23.1. The lowest BCUT2D eigenvalue weighted by Gasteiger charge is -2.12. The number of carbonyl (C=O) groups is 2. The smallest absolute Gasteiger partial charge is 0.338 e. The molecule has 6 heteroatoms. The third-order valence-electron chi connectivity index (χ3n) is 2.24. The summed E-state index contributed by atoms with van der Waals surface area (Å²) in [7, 11) is 0.